The van der Waals surface area contributed by atoms with Crippen molar-refractivity contribution in [2.75, 3.05) is 34.5 Å². The molecule has 0 fully saturated rings. The molecule has 146 valence electrons. The van der Waals surface area contributed by atoms with Gasteiger partial charge in [-0.25, -0.2) is 4.79 Å². The van der Waals surface area contributed by atoms with Crippen molar-refractivity contribution in [3.05, 3.63) is 46.8 Å². The molecule has 1 aromatic heterocycles. The van der Waals surface area contributed by atoms with Gasteiger partial charge in [0.15, 0.2) is 18.1 Å². The fourth-order valence-electron chi connectivity index (χ4n) is 2.86. The largest absolute Gasteiger partial charge is 0.493 e. The van der Waals surface area contributed by atoms with Crippen molar-refractivity contribution in [3.63, 3.8) is 0 Å². The van der Waals surface area contributed by atoms with Crippen LogP contribution in [0.4, 0.5) is 0 Å². The molecule has 27 heavy (non-hydrogen) atoms. The van der Waals surface area contributed by atoms with Crippen LogP contribution in [0.2, 0.25) is 0 Å². The number of aryl methyl sites for hydroxylation is 1. The number of hydrogen-bond acceptors (Lipinski definition) is 6. The Morgan fingerprint density at radius 2 is 1.78 bits per heavy atom. The zero-order valence-corrected chi connectivity index (χ0v) is 16.3. The summed E-state index contributed by atoms with van der Waals surface area (Å²) in [6.07, 6.45) is 0. The van der Waals surface area contributed by atoms with E-state index in [1.54, 1.807) is 19.2 Å². The number of Topliss-reactive ketones (excluding diaryl/α,β-unsaturated/α-hetero) is 1. The van der Waals surface area contributed by atoms with E-state index in [-0.39, 0.29) is 12.4 Å². The van der Waals surface area contributed by atoms with Gasteiger partial charge >= 0.3 is 5.97 Å². The maximum absolute atomic E-state index is 12.6. The highest BCUT2D eigenvalue weighted by Gasteiger charge is 2.18. The van der Waals surface area contributed by atoms with Gasteiger partial charge in [0.25, 0.3) is 0 Å². The molecule has 2 aromatic rings. The molecule has 2 rings (SSSR count). The average Bonchev–Trinajstić information content (AvgIpc) is 2.97. The number of ketones is 1. The lowest BCUT2D eigenvalue weighted by atomic mass is 10.1. The van der Waals surface area contributed by atoms with Gasteiger partial charge in [0.1, 0.15) is 0 Å². The van der Waals surface area contributed by atoms with E-state index in [9.17, 15) is 9.59 Å². The molecular weight excluding hydrogens is 350 g/mol. The first-order valence-corrected chi connectivity index (χ1v) is 8.51. The zero-order valence-electron chi connectivity index (χ0n) is 16.3. The minimum atomic E-state index is -0.473. The number of carbonyl (C=O) groups is 2. The van der Waals surface area contributed by atoms with Crippen LogP contribution in [-0.4, -0.2) is 50.9 Å². The van der Waals surface area contributed by atoms with Gasteiger partial charge in [-0.3, -0.25) is 4.79 Å². The second kappa shape index (κ2) is 9.23. The van der Waals surface area contributed by atoms with Crippen molar-refractivity contribution >= 4 is 11.8 Å². The number of esters is 1. The monoisotopic (exact) mass is 375 g/mol. The molecule has 1 heterocycles. The summed E-state index contributed by atoms with van der Waals surface area (Å²) in [5.74, 6) is 0.133. The van der Waals surface area contributed by atoms with Crippen molar-refractivity contribution in [1.82, 2.24) is 4.57 Å². The highest BCUT2D eigenvalue weighted by Crippen LogP contribution is 2.28. The lowest BCUT2D eigenvalue weighted by Crippen LogP contribution is -2.14. The summed E-state index contributed by atoms with van der Waals surface area (Å²) in [4.78, 5) is 24.2. The van der Waals surface area contributed by atoms with Crippen molar-refractivity contribution < 1.29 is 28.5 Å². The Labute approximate surface area is 158 Å². The van der Waals surface area contributed by atoms with Gasteiger partial charge < -0.3 is 23.5 Å². The van der Waals surface area contributed by atoms with Crippen LogP contribution in [0.15, 0.2) is 24.3 Å². The fourth-order valence-corrected chi connectivity index (χ4v) is 2.86. The SMILES string of the molecule is COCCn1c(C)cc(C(=O)COc2ccc(C(=O)OC)cc2OC)c1C. The topological polar surface area (TPSA) is 76.0 Å². The molecule has 0 amide bonds. The third-order valence-corrected chi connectivity index (χ3v) is 4.34. The second-order valence-electron chi connectivity index (χ2n) is 6.00. The molecule has 0 saturated heterocycles. The molecular formula is C20H25NO6. The number of hydrogen-bond donors (Lipinski definition) is 0. The van der Waals surface area contributed by atoms with Crippen LogP contribution in [0.1, 0.15) is 32.1 Å². The quantitative estimate of drug-likeness (QED) is 0.496. The van der Waals surface area contributed by atoms with Crippen LogP contribution in [0, 0.1) is 13.8 Å². The Balaban J connectivity index is 2.13. The number of methoxy groups -OCH3 is 3. The van der Waals surface area contributed by atoms with E-state index >= 15 is 0 Å². The van der Waals surface area contributed by atoms with E-state index in [0.29, 0.717) is 35.8 Å². The van der Waals surface area contributed by atoms with Gasteiger partial charge in [0.2, 0.25) is 5.78 Å². The van der Waals surface area contributed by atoms with Crippen molar-refractivity contribution in [3.8, 4) is 11.5 Å². The Morgan fingerprint density at radius 3 is 2.41 bits per heavy atom. The van der Waals surface area contributed by atoms with Crippen LogP contribution in [0.5, 0.6) is 11.5 Å². The number of aromatic nitrogens is 1. The molecule has 0 unspecified atom stereocenters. The Kier molecular flexibility index (Phi) is 7.01. The average molecular weight is 375 g/mol. The maximum atomic E-state index is 12.6. The molecule has 7 heteroatoms. The number of ether oxygens (including phenoxy) is 4. The Morgan fingerprint density at radius 1 is 1.04 bits per heavy atom. The van der Waals surface area contributed by atoms with E-state index < -0.39 is 5.97 Å². The summed E-state index contributed by atoms with van der Waals surface area (Å²) in [7, 11) is 4.42. The van der Waals surface area contributed by atoms with E-state index in [2.05, 4.69) is 4.74 Å². The van der Waals surface area contributed by atoms with Crippen LogP contribution in [-0.2, 0) is 16.0 Å². The van der Waals surface area contributed by atoms with Gasteiger partial charge in [0.05, 0.1) is 26.4 Å². The standard InChI is InChI=1S/C20H25NO6/c1-13-10-16(14(2)21(13)8-9-24-3)17(22)12-27-18-7-6-15(20(23)26-5)11-19(18)25-4/h6-7,10-11H,8-9,12H2,1-5H3. The smallest absolute Gasteiger partial charge is 0.337 e. The molecule has 0 bridgehead atoms. The van der Waals surface area contributed by atoms with Gasteiger partial charge in [-0.2, -0.15) is 0 Å². The summed E-state index contributed by atoms with van der Waals surface area (Å²) < 4.78 is 22.7. The van der Waals surface area contributed by atoms with Crippen LogP contribution >= 0.6 is 0 Å². The van der Waals surface area contributed by atoms with E-state index in [1.165, 1.54) is 20.3 Å². The van der Waals surface area contributed by atoms with Gasteiger partial charge in [-0.1, -0.05) is 0 Å². The normalized spacial score (nSPS) is 10.6. The molecule has 0 aliphatic rings. The minimum Gasteiger partial charge on any atom is -0.493 e. The number of carbonyl (C=O) groups excluding carboxylic acids is 2. The maximum Gasteiger partial charge on any atom is 0.337 e. The summed E-state index contributed by atoms with van der Waals surface area (Å²) in [5, 5.41) is 0. The zero-order chi connectivity index (χ0) is 20.0. The molecule has 0 spiro atoms. The highest BCUT2D eigenvalue weighted by molar-refractivity contribution is 5.98. The first-order valence-electron chi connectivity index (χ1n) is 8.51. The predicted octanol–water partition coefficient (Wildman–Crippen LogP) is 2.81. The van der Waals surface area contributed by atoms with E-state index in [0.717, 1.165) is 11.4 Å². The van der Waals surface area contributed by atoms with Crippen LogP contribution in [0.3, 0.4) is 0 Å². The lowest BCUT2D eigenvalue weighted by molar-refractivity contribution is 0.0600. The van der Waals surface area contributed by atoms with Crippen molar-refractivity contribution in [2.45, 2.75) is 20.4 Å². The van der Waals surface area contributed by atoms with Crippen molar-refractivity contribution in [2.24, 2.45) is 0 Å². The van der Waals surface area contributed by atoms with Crippen LogP contribution < -0.4 is 9.47 Å². The number of nitrogens with zero attached hydrogens (tertiary/aromatic N) is 1. The summed E-state index contributed by atoms with van der Waals surface area (Å²) in [6.45, 7) is 4.98. The first-order chi connectivity index (χ1) is 12.9. The molecule has 1 aromatic carbocycles. The second-order valence-corrected chi connectivity index (χ2v) is 6.00. The lowest BCUT2D eigenvalue weighted by Gasteiger charge is -2.12. The summed E-state index contributed by atoms with van der Waals surface area (Å²) >= 11 is 0. The predicted molar refractivity (Wildman–Crippen MR) is 99.9 cm³/mol. The molecule has 0 aliphatic carbocycles. The number of benzene rings is 1. The van der Waals surface area contributed by atoms with Gasteiger partial charge in [-0.05, 0) is 38.1 Å². The molecule has 0 saturated carbocycles. The molecule has 0 radical (unpaired) electrons. The molecule has 0 N–H and O–H groups in total. The first kappa shape index (κ1) is 20.5. The van der Waals surface area contributed by atoms with E-state index in [1.807, 2.05) is 24.5 Å². The molecule has 0 aliphatic heterocycles. The Bertz CT molecular complexity index is 824. The third-order valence-electron chi connectivity index (χ3n) is 4.34. The molecule has 0 atom stereocenters. The van der Waals surface area contributed by atoms with Crippen molar-refractivity contribution in [1.29, 1.82) is 0 Å². The summed E-state index contributed by atoms with van der Waals surface area (Å²) in [5.41, 5.74) is 2.84. The van der Waals surface area contributed by atoms with E-state index in [4.69, 9.17) is 14.2 Å². The van der Waals surface area contributed by atoms with Crippen LogP contribution in [0.25, 0.3) is 0 Å². The highest BCUT2D eigenvalue weighted by atomic mass is 16.5. The number of rotatable bonds is 9. The van der Waals surface area contributed by atoms with Gasteiger partial charge in [-0.15, -0.1) is 0 Å². The molecule has 7 nitrogen and oxygen atoms in total. The summed E-state index contributed by atoms with van der Waals surface area (Å²) in [6, 6.07) is 6.52. The fraction of sp³-hybridized carbons (Fsp3) is 0.400. The Hall–Kier alpha value is -2.80. The minimum absolute atomic E-state index is 0.133. The van der Waals surface area contributed by atoms with Gasteiger partial charge in [0, 0.05) is 30.6 Å². The third kappa shape index (κ3) is 4.68.